The van der Waals surface area contributed by atoms with Crippen molar-refractivity contribution in [2.75, 3.05) is 24.7 Å². The van der Waals surface area contributed by atoms with E-state index in [4.69, 9.17) is 9.47 Å². The van der Waals surface area contributed by atoms with Crippen LogP contribution in [0, 0.1) is 6.92 Å². The SMILES string of the molecule is C=C(CSc1ccc(C)cc1)C(=O)OCCCCCCOC(=O)C(=C)CS(=O)c1ccccc1. The maximum atomic E-state index is 12.2. The lowest BCUT2D eigenvalue weighted by atomic mass is 10.2. The Bertz CT molecular complexity index is 984. The van der Waals surface area contributed by atoms with Crippen LogP contribution in [0.1, 0.15) is 31.2 Å². The van der Waals surface area contributed by atoms with Crippen LogP contribution in [-0.2, 0) is 29.9 Å². The highest BCUT2D eigenvalue weighted by molar-refractivity contribution is 7.99. The number of rotatable bonds is 15. The highest BCUT2D eigenvalue weighted by Gasteiger charge is 2.13. The zero-order chi connectivity index (χ0) is 24.8. The monoisotopic (exact) mass is 500 g/mol. The standard InChI is InChI=1S/C27H32O5S2/c1-21-13-15-24(16-14-21)33-19-22(2)26(28)31-17-9-4-5-10-18-32-27(29)23(3)20-34(30)25-11-7-6-8-12-25/h6-8,11-16H,2-5,9-10,17-20H2,1H3. The van der Waals surface area contributed by atoms with Gasteiger partial charge < -0.3 is 9.47 Å². The van der Waals surface area contributed by atoms with E-state index in [9.17, 15) is 13.8 Å². The van der Waals surface area contributed by atoms with E-state index in [0.717, 1.165) is 24.2 Å². The van der Waals surface area contributed by atoms with Crippen LogP contribution in [0.3, 0.4) is 0 Å². The van der Waals surface area contributed by atoms with Crippen LogP contribution in [0.4, 0.5) is 0 Å². The number of aryl methyl sites for hydroxylation is 1. The molecule has 0 heterocycles. The first-order valence-corrected chi connectivity index (χ1v) is 13.5. The van der Waals surface area contributed by atoms with Gasteiger partial charge in [-0.2, -0.15) is 0 Å². The molecule has 2 aromatic rings. The zero-order valence-electron chi connectivity index (χ0n) is 19.6. The van der Waals surface area contributed by atoms with E-state index in [1.165, 1.54) is 5.56 Å². The van der Waals surface area contributed by atoms with Crippen molar-refractivity contribution in [2.24, 2.45) is 0 Å². The lowest BCUT2D eigenvalue weighted by Crippen LogP contribution is -2.13. The summed E-state index contributed by atoms with van der Waals surface area (Å²) in [4.78, 5) is 25.8. The number of benzene rings is 2. The fourth-order valence-corrected chi connectivity index (χ4v) is 4.68. The minimum absolute atomic E-state index is 0.0586. The number of carbonyl (C=O) groups is 2. The number of ether oxygens (including phenoxy) is 2. The van der Waals surface area contributed by atoms with E-state index in [-0.39, 0.29) is 23.9 Å². The van der Waals surface area contributed by atoms with E-state index >= 15 is 0 Å². The lowest BCUT2D eigenvalue weighted by molar-refractivity contribution is -0.140. The summed E-state index contributed by atoms with van der Waals surface area (Å²) in [6, 6.07) is 17.1. The third kappa shape index (κ3) is 10.5. The second-order valence-corrected chi connectivity index (χ2v) is 10.3. The normalized spacial score (nSPS) is 11.4. The largest absolute Gasteiger partial charge is 0.462 e. The number of unbranched alkanes of at least 4 members (excludes halogenated alkanes) is 3. The van der Waals surface area contributed by atoms with Crippen LogP contribution in [0.5, 0.6) is 0 Å². The van der Waals surface area contributed by atoms with Crippen molar-refractivity contribution in [1.29, 1.82) is 0 Å². The number of hydrogen-bond donors (Lipinski definition) is 0. The van der Waals surface area contributed by atoms with Gasteiger partial charge in [0.25, 0.3) is 0 Å². The van der Waals surface area contributed by atoms with E-state index in [0.29, 0.717) is 29.2 Å². The van der Waals surface area contributed by atoms with E-state index in [1.807, 2.05) is 37.3 Å². The van der Waals surface area contributed by atoms with Crippen LogP contribution >= 0.6 is 11.8 Å². The van der Waals surface area contributed by atoms with Crippen LogP contribution in [-0.4, -0.2) is 40.9 Å². The molecule has 0 fully saturated rings. The summed E-state index contributed by atoms with van der Waals surface area (Å²) in [6.45, 7) is 10.2. The second-order valence-electron chi connectivity index (χ2n) is 7.80. The van der Waals surface area contributed by atoms with Crippen LogP contribution in [0.25, 0.3) is 0 Å². The molecule has 0 saturated carbocycles. The average molecular weight is 501 g/mol. The first-order chi connectivity index (χ1) is 16.4. The summed E-state index contributed by atoms with van der Waals surface area (Å²) in [6.07, 6.45) is 3.14. The van der Waals surface area contributed by atoms with Crippen molar-refractivity contribution in [1.82, 2.24) is 0 Å². The van der Waals surface area contributed by atoms with E-state index in [1.54, 1.807) is 36.0 Å². The molecular formula is C27H32O5S2. The van der Waals surface area contributed by atoms with Crippen LogP contribution in [0.15, 0.2) is 88.7 Å². The molecule has 0 amide bonds. The first kappa shape index (κ1) is 27.6. The van der Waals surface area contributed by atoms with Gasteiger partial charge in [0, 0.05) is 26.7 Å². The molecule has 1 unspecified atom stereocenters. The predicted molar refractivity (Wildman–Crippen MR) is 138 cm³/mol. The van der Waals surface area contributed by atoms with Gasteiger partial charge in [0.05, 0.1) is 29.8 Å². The highest BCUT2D eigenvalue weighted by atomic mass is 32.2. The lowest BCUT2D eigenvalue weighted by Gasteiger charge is -2.08. The Balaban J connectivity index is 1.49. The molecule has 2 aromatic carbocycles. The fourth-order valence-electron chi connectivity index (χ4n) is 2.83. The number of thioether (sulfide) groups is 1. The molecule has 2 rings (SSSR count). The van der Waals surface area contributed by atoms with Crippen molar-refractivity contribution >= 4 is 34.5 Å². The Kier molecular flexibility index (Phi) is 12.4. The molecule has 1 atom stereocenters. The Hall–Kier alpha value is -2.64. The highest BCUT2D eigenvalue weighted by Crippen LogP contribution is 2.21. The van der Waals surface area contributed by atoms with Gasteiger partial charge in [0.15, 0.2) is 0 Å². The molecular weight excluding hydrogens is 468 g/mol. The van der Waals surface area contributed by atoms with Crippen molar-refractivity contribution < 1.29 is 23.3 Å². The topological polar surface area (TPSA) is 69.7 Å². The maximum absolute atomic E-state index is 12.2. The summed E-state index contributed by atoms with van der Waals surface area (Å²) < 4.78 is 22.7. The van der Waals surface area contributed by atoms with Gasteiger partial charge in [-0.1, -0.05) is 49.1 Å². The number of hydrogen-bond acceptors (Lipinski definition) is 6. The zero-order valence-corrected chi connectivity index (χ0v) is 21.3. The summed E-state index contributed by atoms with van der Waals surface area (Å²) in [5, 5.41) is 0. The van der Waals surface area contributed by atoms with Gasteiger partial charge in [-0.15, -0.1) is 11.8 Å². The second kappa shape index (κ2) is 15.3. The molecule has 0 bridgehead atoms. The van der Waals surface area contributed by atoms with Gasteiger partial charge in [0.1, 0.15) is 0 Å². The maximum Gasteiger partial charge on any atom is 0.334 e. The quantitative estimate of drug-likeness (QED) is 0.136. The molecule has 7 heteroatoms. The summed E-state index contributed by atoms with van der Waals surface area (Å²) in [5.41, 5.74) is 1.85. The van der Waals surface area contributed by atoms with Gasteiger partial charge in [-0.3, -0.25) is 4.21 Å². The van der Waals surface area contributed by atoms with Crippen LogP contribution in [0.2, 0.25) is 0 Å². The number of esters is 2. The Labute approximate surface area is 209 Å². The molecule has 34 heavy (non-hydrogen) atoms. The summed E-state index contributed by atoms with van der Waals surface area (Å²) in [5.74, 6) is -0.319. The minimum Gasteiger partial charge on any atom is -0.462 e. The van der Waals surface area contributed by atoms with Crippen molar-refractivity contribution in [3.05, 3.63) is 84.5 Å². The Morgan fingerprint density at radius 2 is 1.38 bits per heavy atom. The fraction of sp³-hybridized carbons (Fsp3) is 0.333. The van der Waals surface area contributed by atoms with Gasteiger partial charge in [-0.25, -0.2) is 9.59 Å². The third-order valence-corrected chi connectivity index (χ3v) is 7.33. The Morgan fingerprint density at radius 1 is 0.824 bits per heavy atom. The van der Waals surface area contributed by atoms with Gasteiger partial charge in [0.2, 0.25) is 0 Å². The van der Waals surface area contributed by atoms with Crippen molar-refractivity contribution in [3.8, 4) is 0 Å². The molecule has 0 aromatic heterocycles. The Morgan fingerprint density at radius 3 is 1.97 bits per heavy atom. The summed E-state index contributed by atoms with van der Waals surface area (Å²) >= 11 is 1.56. The molecule has 0 N–H and O–H groups in total. The van der Waals surface area contributed by atoms with Crippen LogP contribution < -0.4 is 0 Å². The first-order valence-electron chi connectivity index (χ1n) is 11.2. The van der Waals surface area contributed by atoms with E-state index < -0.39 is 16.8 Å². The molecule has 0 aliphatic heterocycles. The molecule has 0 aliphatic carbocycles. The van der Waals surface area contributed by atoms with Gasteiger partial charge >= 0.3 is 11.9 Å². The number of carbonyl (C=O) groups excluding carboxylic acids is 2. The molecule has 0 aliphatic rings. The summed E-state index contributed by atoms with van der Waals surface area (Å²) in [7, 11) is -1.32. The smallest absolute Gasteiger partial charge is 0.334 e. The van der Waals surface area contributed by atoms with E-state index in [2.05, 4.69) is 13.2 Å². The van der Waals surface area contributed by atoms with Crippen molar-refractivity contribution in [2.45, 2.75) is 42.4 Å². The molecule has 5 nitrogen and oxygen atoms in total. The third-order valence-electron chi connectivity index (χ3n) is 4.83. The van der Waals surface area contributed by atoms with Crippen molar-refractivity contribution in [3.63, 3.8) is 0 Å². The molecule has 0 spiro atoms. The molecule has 0 radical (unpaired) electrons. The molecule has 182 valence electrons. The minimum atomic E-state index is -1.32. The predicted octanol–water partition coefficient (Wildman–Crippen LogP) is 5.65. The van der Waals surface area contributed by atoms with Gasteiger partial charge in [-0.05, 0) is 56.9 Å². The average Bonchev–Trinajstić information content (AvgIpc) is 2.85. The molecule has 0 saturated heterocycles.